The van der Waals surface area contributed by atoms with Gasteiger partial charge in [-0.15, -0.1) is 0 Å². The quantitative estimate of drug-likeness (QED) is 0.274. The zero-order valence-electron chi connectivity index (χ0n) is 18.6. The lowest BCUT2D eigenvalue weighted by atomic mass is 10.0. The maximum Gasteiger partial charge on any atom is 0.126 e. The molecule has 4 rings (SSSR count). The zero-order valence-corrected chi connectivity index (χ0v) is 20.6. The van der Waals surface area contributed by atoms with Gasteiger partial charge < -0.3 is 9.47 Å². The Bertz CT molecular complexity index is 1100. The maximum absolute atomic E-state index is 5.63. The summed E-state index contributed by atoms with van der Waals surface area (Å²) in [5, 5.41) is 3.29. The predicted molar refractivity (Wildman–Crippen MR) is 142 cm³/mol. The number of ether oxygens (including phenoxy) is 2. The summed E-state index contributed by atoms with van der Waals surface area (Å²) in [7, 11) is 4.88. The van der Waals surface area contributed by atoms with E-state index in [1.54, 1.807) is 14.2 Å². The van der Waals surface area contributed by atoms with Crippen LogP contribution >= 0.6 is 17.2 Å². The Labute approximate surface area is 194 Å². The van der Waals surface area contributed by atoms with Crippen molar-refractivity contribution < 1.29 is 9.47 Å². The van der Waals surface area contributed by atoms with Gasteiger partial charge in [-0.2, -0.15) is 0 Å². The van der Waals surface area contributed by atoms with Crippen molar-refractivity contribution >= 4 is 27.8 Å². The van der Waals surface area contributed by atoms with Gasteiger partial charge >= 0.3 is 0 Å². The summed E-state index contributed by atoms with van der Waals surface area (Å²) < 4.78 is 11.3. The average Bonchev–Trinajstić information content (AvgIpc) is 2.84. The van der Waals surface area contributed by atoms with Crippen LogP contribution in [0.2, 0.25) is 0 Å². The molecule has 0 radical (unpaired) electrons. The first-order chi connectivity index (χ1) is 15.7. The fraction of sp³-hybridized carbons (Fsp3) is 0.143. The van der Waals surface area contributed by atoms with Crippen molar-refractivity contribution in [1.82, 2.24) is 0 Å². The highest BCUT2D eigenvalue weighted by atomic mass is 31.1. The fourth-order valence-electron chi connectivity index (χ4n) is 3.92. The van der Waals surface area contributed by atoms with E-state index in [0.29, 0.717) is 22.6 Å². The molecule has 2 unspecified atom stereocenters. The zero-order chi connectivity index (χ0) is 22.3. The molecule has 0 heterocycles. The van der Waals surface area contributed by atoms with Gasteiger partial charge in [0, 0.05) is 11.1 Å². The first-order valence-corrected chi connectivity index (χ1v) is 12.8. The Morgan fingerprint density at radius 1 is 0.500 bits per heavy atom. The van der Waals surface area contributed by atoms with E-state index in [0.717, 1.165) is 22.6 Å². The summed E-state index contributed by atoms with van der Waals surface area (Å²) in [6, 6.07) is 34.0. The SMILES string of the molecule is COc1ccccc1-c1ccccc1PC(C)Pc1ccccc1-c1ccccc1OC. The molecule has 0 spiro atoms. The number of methoxy groups -OCH3 is 2. The van der Waals surface area contributed by atoms with Crippen LogP contribution in [0.1, 0.15) is 6.92 Å². The molecule has 0 amide bonds. The molecule has 4 heteroatoms. The molecular weight excluding hydrogens is 430 g/mol. The molecule has 0 N–H and O–H groups in total. The van der Waals surface area contributed by atoms with Crippen LogP contribution < -0.4 is 20.1 Å². The van der Waals surface area contributed by atoms with Crippen molar-refractivity contribution in [3.8, 4) is 33.8 Å². The molecule has 2 nitrogen and oxygen atoms in total. The molecule has 4 aromatic carbocycles. The van der Waals surface area contributed by atoms with Crippen molar-refractivity contribution in [2.45, 2.75) is 12.3 Å². The molecule has 162 valence electrons. The summed E-state index contributed by atoms with van der Waals surface area (Å²) >= 11 is 0. The third kappa shape index (κ3) is 5.04. The van der Waals surface area contributed by atoms with Crippen LogP contribution in [0, 0.1) is 0 Å². The van der Waals surface area contributed by atoms with Crippen LogP contribution in [0.3, 0.4) is 0 Å². The Morgan fingerprint density at radius 2 is 0.844 bits per heavy atom. The molecule has 2 atom stereocenters. The highest BCUT2D eigenvalue weighted by molar-refractivity contribution is 7.65. The lowest BCUT2D eigenvalue weighted by molar-refractivity contribution is 0.416. The molecule has 4 aromatic rings. The third-order valence-electron chi connectivity index (χ3n) is 5.39. The van der Waals surface area contributed by atoms with Crippen LogP contribution in [-0.2, 0) is 0 Å². The van der Waals surface area contributed by atoms with Gasteiger partial charge in [0.05, 0.1) is 14.2 Å². The molecule has 0 fully saturated rings. The van der Waals surface area contributed by atoms with E-state index < -0.39 is 0 Å². The molecule has 0 aliphatic carbocycles. The summed E-state index contributed by atoms with van der Waals surface area (Å²) in [6.45, 7) is 2.36. The van der Waals surface area contributed by atoms with E-state index >= 15 is 0 Å². The Balaban J connectivity index is 1.61. The molecule has 0 aliphatic rings. The monoisotopic (exact) mass is 458 g/mol. The predicted octanol–water partition coefficient (Wildman–Crippen LogP) is 6.69. The van der Waals surface area contributed by atoms with Crippen molar-refractivity contribution in [3.63, 3.8) is 0 Å². The Hall–Kier alpha value is -2.66. The van der Waals surface area contributed by atoms with Gasteiger partial charge in [-0.3, -0.25) is 0 Å². The minimum Gasteiger partial charge on any atom is -0.496 e. The van der Waals surface area contributed by atoms with Crippen molar-refractivity contribution in [2.24, 2.45) is 0 Å². The number of para-hydroxylation sites is 2. The number of rotatable bonds is 8. The molecule has 0 bridgehead atoms. The van der Waals surface area contributed by atoms with Crippen LogP contribution in [0.25, 0.3) is 22.3 Å². The Kier molecular flexibility index (Phi) is 7.59. The van der Waals surface area contributed by atoms with Crippen molar-refractivity contribution in [2.75, 3.05) is 14.2 Å². The fourth-order valence-corrected chi connectivity index (χ4v) is 7.21. The first-order valence-electron chi connectivity index (χ1n) is 10.7. The lowest BCUT2D eigenvalue weighted by Gasteiger charge is -2.19. The second-order valence-corrected chi connectivity index (χ2v) is 11.5. The van der Waals surface area contributed by atoms with Gasteiger partial charge in [-0.1, -0.05) is 109 Å². The van der Waals surface area contributed by atoms with E-state index in [-0.39, 0.29) is 0 Å². The smallest absolute Gasteiger partial charge is 0.126 e. The van der Waals surface area contributed by atoms with Crippen molar-refractivity contribution in [3.05, 3.63) is 97.1 Å². The Morgan fingerprint density at radius 3 is 1.25 bits per heavy atom. The van der Waals surface area contributed by atoms with Crippen LogP contribution in [0.5, 0.6) is 11.5 Å². The first kappa shape index (κ1) is 22.5. The standard InChI is InChI=1S/C28H28O2P2/c1-20(31-27-18-10-6-14-23(27)21-12-4-8-16-25(21)29-2)32-28-19-11-7-15-24(28)22-13-5-9-17-26(22)30-3/h4-20,31-32H,1-3H3. The lowest BCUT2D eigenvalue weighted by Crippen LogP contribution is -2.08. The van der Waals surface area contributed by atoms with Gasteiger partial charge in [0.15, 0.2) is 0 Å². The molecule has 0 aliphatic heterocycles. The van der Waals surface area contributed by atoms with Gasteiger partial charge in [-0.25, -0.2) is 0 Å². The maximum atomic E-state index is 5.63. The van der Waals surface area contributed by atoms with Gasteiger partial charge in [0.2, 0.25) is 0 Å². The van der Waals surface area contributed by atoms with Crippen LogP contribution in [-0.4, -0.2) is 19.6 Å². The molecule has 32 heavy (non-hydrogen) atoms. The second kappa shape index (κ2) is 10.8. The number of hydrogen-bond donors (Lipinski definition) is 0. The van der Waals surface area contributed by atoms with E-state index in [4.69, 9.17) is 9.47 Å². The average molecular weight is 458 g/mol. The minimum atomic E-state index is 0.529. The molecule has 0 saturated heterocycles. The van der Waals surface area contributed by atoms with Crippen LogP contribution in [0.4, 0.5) is 0 Å². The molecule has 0 aromatic heterocycles. The number of benzene rings is 4. The number of hydrogen-bond acceptors (Lipinski definition) is 2. The van der Waals surface area contributed by atoms with E-state index in [9.17, 15) is 0 Å². The van der Waals surface area contributed by atoms with Gasteiger partial charge in [0.25, 0.3) is 0 Å². The largest absolute Gasteiger partial charge is 0.496 e. The van der Waals surface area contributed by atoms with Gasteiger partial charge in [0.1, 0.15) is 11.5 Å². The minimum absolute atomic E-state index is 0.529. The van der Waals surface area contributed by atoms with E-state index in [1.165, 1.54) is 21.7 Å². The van der Waals surface area contributed by atoms with E-state index in [2.05, 4.69) is 79.7 Å². The third-order valence-corrected chi connectivity index (χ3v) is 8.62. The highest BCUT2D eigenvalue weighted by Gasteiger charge is 2.15. The second-order valence-electron chi connectivity index (χ2n) is 7.50. The summed E-state index contributed by atoms with van der Waals surface area (Å²) in [6.07, 6.45) is 0. The normalized spacial score (nSPS) is 12.5. The van der Waals surface area contributed by atoms with Gasteiger partial charge in [-0.05, 0) is 39.3 Å². The summed E-state index contributed by atoms with van der Waals surface area (Å²) in [5.74, 6) is 1.84. The van der Waals surface area contributed by atoms with E-state index in [1.807, 2.05) is 24.3 Å². The molecule has 0 saturated carbocycles. The molecular formula is C28H28O2P2. The summed E-state index contributed by atoms with van der Waals surface area (Å²) in [4.78, 5) is 0. The van der Waals surface area contributed by atoms with Crippen LogP contribution in [0.15, 0.2) is 97.1 Å². The summed E-state index contributed by atoms with van der Waals surface area (Å²) in [5.41, 5.74) is 4.84. The topological polar surface area (TPSA) is 18.5 Å². The highest BCUT2D eigenvalue weighted by Crippen LogP contribution is 2.40. The van der Waals surface area contributed by atoms with Crippen molar-refractivity contribution in [1.29, 1.82) is 0 Å².